The number of pyridine rings is 1. The Kier molecular flexibility index (Phi) is 7.30. The summed E-state index contributed by atoms with van der Waals surface area (Å²) >= 11 is 0. The largest absolute Gasteiger partial charge is 1.00 e. The second kappa shape index (κ2) is 8.83. The predicted octanol–water partition coefficient (Wildman–Crippen LogP) is 0.383. The average molecular weight is 386 g/mol. The molecule has 2 unspecified atom stereocenters. The third kappa shape index (κ3) is 4.37. The topological polar surface area (TPSA) is 74.6 Å². The standard InChI is InChI=1S/C17H20N3O3S.K/c1-10-8-18-15(11(2)16(10)23-4)9-24(21)17-19-13-6-5-12(22-3)7-14(13)20-17;/h5-8,17,20H,9H2,1-4H3;/q-1;+1. The van der Waals surface area contributed by atoms with Crippen LogP contribution in [0, 0.1) is 13.8 Å². The van der Waals surface area contributed by atoms with Crippen molar-refractivity contribution in [3.63, 3.8) is 0 Å². The minimum atomic E-state index is -1.24. The molecule has 128 valence electrons. The quantitative estimate of drug-likeness (QED) is 0.754. The molecule has 0 saturated heterocycles. The van der Waals surface area contributed by atoms with Crippen LogP contribution >= 0.6 is 0 Å². The van der Waals surface area contributed by atoms with Gasteiger partial charge in [-0.05, 0) is 19.9 Å². The SMILES string of the molecule is COc1ccc2c(c1)NC(S(=O)Cc1ncc(C)c(OC)c1C)[N-]2.[K+]. The van der Waals surface area contributed by atoms with Crippen LogP contribution in [-0.4, -0.2) is 28.9 Å². The summed E-state index contributed by atoms with van der Waals surface area (Å²) in [6.07, 6.45) is 1.75. The number of hydrogen-bond donors (Lipinski definition) is 1. The maximum Gasteiger partial charge on any atom is 1.00 e. The van der Waals surface area contributed by atoms with E-state index >= 15 is 0 Å². The fraction of sp³-hybridized carbons (Fsp3) is 0.353. The smallest absolute Gasteiger partial charge is 0.653 e. The second-order valence-corrected chi connectivity index (χ2v) is 7.08. The minimum Gasteiger partial charge on any atom is -0.653 e. The summed E-state index contributed by atoms with van der Waals surface area (Å²) in [6, 6.07) is 5.55. The number of aromatic nitrogens is 1. The van der Waals surface area contributed by atoms with E-state index in [1.807, 2.05) is 32.0 Å². The number of ether oxygens (including phenoxy) is 2. The van der Waals surface area contributed by atoms with Gasteiger partial charge in [0.25, 0.3) is 0 Å². The molecule has 3 rings (SSSR count). The molecular weight excluding hydrogens is 365 g/mol. The van der Waals surface area contributed by atoms with Crippen LogP contribution in [0.2, 0.25) is 0 Å². The van der Waals surface area contributed by atoms with Gasteiger partial charge < -0.3 is 20.1 Å². The summed E-state index contributed by atoms with van der Waals surface area (Å²) in [4.78, 5) is 4.41. The van der Waals surface area contributed by atoms with Crippen molar-refractivity contribution in [1.82, 2.24) is 4.98 Å². The molecule has 2 heterocycles. The number of fused-ring (bicyclic) bond motifs is 1. The summed E-state index contributed by atoms with van der Waals surface area (Å²) in [5, 5.41) is 7.67. The molecular formula is C17H20KN3O3S. The normalized spacial score (nSPS) is 16.1. The third-order valence-corrected chi connectivity index (χ3v) is 5.30. The van der Waals surface area contributed by atoms with Crippen LogP contribution in [0.1, 0.15) is 16.8 Å². The van der Waals surface area contributed by atoms with Gasteiger partial charge in [0.1, 0.15) is 11.5 Å². The van der Waals surface area contributed by atoms with Crippen molar-refractivity contribution in [2.75, 3.05) is 19.5 Å². The maximum absolute atomic E-state index is 12.7. The summed E-state index contributed by atoms with van der Waals surface area (Å²) < 4.78 is 23.3. The van der Waals surface area contributed by atoms with Gasteiger partial charge in [0.2, 0.25) is 0 Å². The zero-order valence-corrected chi connectivity index (χ0v) is 19.1. The fourth-order valence-corrected chi connectivity index (χ4v) is 3.92. The average Bonchev–Trinajstić information content (AvgIpc) is 3.01. The summed E-state index contributed by atoms with van der Waals surface area (Å²) in [6.45, 7) is 3.88. The molecule has 1 aromatic carbocycles. The minimum absolute atomic E-state index is 0. The molecule has 25 heavy (non-hydrogen) atoms. The number of hydrogen-bond acceptors (Lipinski definition) is 5. The van der Waals surface area contributed by atoms with E-state index in [1.165, 1.54) is 0 Å². The molecule has 0 amide bonds. The number of aryl methyl sites for hydroxylation is 1. The zero-order valence-electron chi connectivity index (χ0n) is 15.1. The van der Waals surface area contributed by atoms with Crippen molar-refractivity contribution < 1.29 is 65.1 Å². The predicted molar refractivity (Wildman–Crippen MR) is 95.5 cm³/mol. The van der Waals surface area contributed by atoms with Crippen LogP contribution in [0.25, 0.3) is 5.32 Å². The molecule has 0 fully saturated rings. The van der Waals surface area contributed by atoms with Crippen LogP contribution in [0.5, 0.6) is 11.5 Å². The van der Waals surface area contributed by atoms with Gasteiger partial charge in [0.05, 0.1) is 25.7 Å². The third-order valence-electron chi connectivity index (χ3n) is 4.02. The van der Waals surface area contributed by atoms with Crippen LogP contribution < -0.4 is 66.2 Å². The Morgan fingerprint density at radius 2 is 2.04 bits per heavy atom. The van der Waals surface area contributed by atoms with Crippen molar-refractivity contribution in [1.29, 1.82) is 0 Å². The van der Waals surface area contributed by atoms with Crippen molar-refractivity contribution >= 4 is 22.2 Å². The van der Waals surface area contributed by atoms with Crippen LogP contribution in [0.15, 0.2) is 24.4 Å². The molecule has 0 spiro atoms. The summed E-state index contributed by atoms with van der Waals surface area (Å²) in [7, 11) is 2.00. The van der Waals surface area contributed by atoms with Crippen molar-refractivity contribution in [3.8, 4) is 11.5 Å². The molecule has 1 aliphatic rings. The molecule has 6 nitrogen and oxygen atoms in total. The molecule has 0 saturated carbocycles. The number of rotatable bonds is 5. The van der Waals surface area contributed by atoms with Gasteiger partial charge in [-0.15, -0.1) is 5.69 Å². The first-order valence-corrected chi connectivity index (χ1v) is 8.93. The van der Waals surface area contributed by atoms with Crippen molar-refractivity contribution in [2.45, 2.75) is 25.1 Å². The number of methoxy groups -OCH3 is 2. The van der Waals surface area contributed by atoms with Crippen LogP contribution in [0.3, 0.4) is 0 Å². The molecule has 0 bridgehead atoms. The van der Waals surface area contributed by atoms with Gasteiger partial charge in [-0.1, -0.05) is 6.07 Å². The van der Waals surface area contributed by atoms with Gasteiger partial charge in [-0.25, -0.2) is 0 Å². The summed E-state index contributed by atoms with van der Waals surface area (Å²) in [5.41, 5.74) is 3.79. The first-order chi connectivity index (χ1) is 11.5. The second-order valence-electron chi connectivity index (χ2n) is 5.58. The zero-order chi connectivity index (χ0) is 17.3. The molecule has 2 aromatic rings. The molecule has 8 heteroatoms. The van der Waals surface area contributed by atoms with Gasteiger partial charge in [0, 0.05) is 45.4 Å². The Labute approximate surface area is 193 Å². The Hall–Kier alpha value is -0.644. The summed E-state index contributed by atoms with van der Waals surface area (Å²) in [5.74, 6) is 1.85. The molecule has 2 atom stereocenters. The number of benzene rings is 1. The molecule has 0 aliphatic carbocycles. The van der Waals surface area contributed by atoms with E-state index < -0.39 is 16.3 Å². The van der Waals surface area contributed by atoms with Gasteiger partial charge in [-0.2, -0.15) is 0 Å². The van der Waals surface area contributed by atoms with E-state index in [-0.39, 0.29) is 51.4 Å². The van der Waals surface area contributed by atoms with E-state index in [2.05, 4.69) is 15.6 Å². The van der Waals surface area contributed by atoms with Gasteiger partial charge in [0.15, 0.2) is 0 Å². The van der Waals surface area contributed by atoms with Crippen LogP contribution in [0.4, 0.5) is 11.4 Å². The van der Waals surface area contributed by atoms with E-state index in [9.17, 15) is 4.21 Å². The molecule has 1 aromatic heterocycles. The monoisotopic (exact) mass is 385 g/mol. The molecule has 1 aliphatic heterocycles. The number of anilines is 1. The first-order valence-electron chi connectivity index (χ1n) is 7.55. The molecule has 0 radical (unpaired) electrons. The van der Waals surface area contributed by atoms with Crippen molar-refractivity contribution in [3.05, 3.63) is 46.5 Å². The van der Waals surface area contributed by atoms with E-state index in [0.29, 0.717) is 5.75 Å². The fourth-order valence-electron chi connectivity index (χ4n) is 2.72. The Bertz CT molecular complexity index is 801. The van der Waals surface area contributed by atoms with Crippen molar-refractivity contribution in [2.24, 2.45) is 0 Å². The Morgan fingerprint density at radius 3 is 2.72 bits per heavy atom. The Balaban J connectivity index is 0.00000225. The molecule has 1 N–H and O–H groups in total. The van der Waals surface area contributed by atoms with Gasteiger partial charge in [-0.3, -0.25) is 9.19 Å². The maximum atomic E-state index is 12.7. The van der Waals surface area contributed by atoms with E-state index in [1.54, 1.807) is 20.4 Å². The first kappa shape index (κ1) is 20.7. The van der Waals surface area contributed by atoms with E-state index in [0.717, 1.165) is 39.7 Å². The van der Waals surface area contributed by atoms with Crippen LogP contribution in [-0.2, 0) is 16.6 Å². The Morgan fingerprint density at radius 1 is 1.28 bits per heavy atom. The number of nitrogens with one attached hydrogen (secondary N) is 1. The van der Waals surface area contributed by atoms with E-state index in [4.69, 9.17) is 9.47 Å². The number of nitrogens with zero attached hydrogens (tertiary/aromatic N) is 2. The van der Waals surface area contributed by atoms with Gasteiger partial charge >= 0.3 is 51.4 Å².